The molecular formula is C14H9ClF2O. The molecule has 0 atom stereocenters. The van der Waals surface area contributed by atoms with Gasteiger partial charge in [0.2, 0.25) is 0 Å². The van der Waals surface area contributed by atoms with Crippen molar-refractivity contribution in [3.05, 3.63) is 69.7 Å². The summed E-state index contributed by atoms with van der Waals surface area (Å²) in [6.07, 6.45) is 0. The van der Waals surface area contributed by atoms with E-state index in [1.165, 1.54) is 6.07 Å². The van der Waals surface area contributed by atoms with Crippen molar-refractivity contribution in [3.63, 3.8) is 0 Å². The Morgan fingerprint density at radius 1 is 0.944 bits per heavy atom. The van der Waals surface area contributed by atoms with Crippen molar-refractivity contribution >= 4 is 17.4 Å². The Labute approximate surface area is 108 Å². The minimum Gasteiger partial charge on any atom is -0.289 e. The number of benzene rings is 2. The predicted octanol–water partition coefficient (Wildman–Crippen LogP) is 4.16. The van der Waals surface area contributed by atoms with Crippen LogP contribution in [0.4, 0.5) is 8.78 Å². The zero-order chi connectivity index (χ0) is 13.3. The first-order chi connectivity index (χ1) is 8.45. The number of hydrogen-bond acceptors (Lipinski definition) is 1. The third-order valence-electron chi connectivity index (χ3n) is 2.43. The molecule has 0 aliphatic carbocycles. The molecule has 18 heavy (non-hydrogen) atoms. The van der Waals surface area contributed by atoms with Crippen molar-refractivity contribution in [2.75, 3.05) is 0 Å². The Morgan fingerprint density at radius 3 is 2.06 bits per heavy atom. The van der Waals surface area contributed by atoms with Gasteiger partial charge in [0.1, 0.15) is 11.6 Å². The van der Waals surface area contributed by atoms with Crippen LogP contribution >= 0.6 is 11.6 Å². The van der Waals surface area contributed by atoms with Crippen molar-refractivity contribution in [1.29, 1.82) is 0 Å². The van der Waals surface area contributed by atoms with E-state index in [1.54, 1.807) is 19.1 Å². The van der Waals surface area contributed by atoms with Crippen LogP contribution in [-0.2, 0) is 0 Å². The molecule has 0 saturated carbocycles. The summed E-state index contributed by atoms with van der Waals surface area (Å²) in [5.41, 5.74) is 1.09. The lowest BCUT2D eigenvalue weighted by atomic mass is 10.0. The summed E-state index contributed by atoms with van der Waals surface area (Å²) in [7, 11) is 0. The SMILES string of the molecule is Cc1cc(Cl)cc(C(=O)c2cc(F)cc(F)c2)c1. The largest absolute Gasteiger partial charge is 0.289 e. The van der Waals surface area contributed by atoms with E-state index in [1.807, 2.05) is 0 Å². The highest BCUT2D eigenvalue weighted by Crippen LogP contribution is 2.19. The molecule has 0 amide bonds. The molecule has 0 aliphatic heterocycles. The average molecular weight is 267 g/mol. The Bertz CT molecular complexity index is 529. The molecular weight excluding hydrogens is 258 g/mol. The van der Waals surface area contributed by atoms with Crippen LogP contribution in [0.5, 0.6) is 0 Å². The summed E-state index contributed by atoms with van der Waals surface area (Å²) >= 11 is 5.84. The highest BCUT2D eigenvalue weighted by molar-refractivity contribution is 6.31. The lowest BCUT2D eigenvalue weighted by Crippen LogP contribution is -2.03. The van der Waals surface area contributed by atoms with Crippen LogP contribution in [-0.4, -0.2) is 5.78 Å². The number of aryl methyl sites for hydroxylation is 1. The molecule has 2 aromatic carbocycles. The molecule has 0 bridgehead atoms. The maximum atomic E-state index is 13.0. The Hall–Kier alpha value is -1.74. The molecule has 92 valence electrons. The molecule has 2 aromatic rings. The second kappa shape index (κ2) is 4.86. The first kappa shape index (κ1) is 12.7. The van der Waals surface area contributed by atoms with Crippen molar-refractivity contribution in [1.82, 2.24) is 0 Å². The van der Waals surface area contributed by atoms with Gasteiger partial charge in [-0.2, -0.15) is 0 Å². The molecule has 0 unspecified atom stereocenters. The zero-order valence-electron chi connectivity index (χ0n) is 9.51. The molecule has 4 heteroatoms. The van der Waals surface area contributed by atoms with Gasteiger partial charge < -0.3 is 0 Å². The number of carbonyl (C=O) groups is 1. The molecule has 0 N–H and O–H groups in total. The van der Waals surface area contributed by atoms with Crippen molar-refractivity contribution in [2.45, 2.75) is 6.92 Å². The molecule has 0 saturated heterocycles. The summed E-state index contributed by atoms with van der Waals surface area (Å²) in [6.45, 7) is 1.79. The fraction of sp³-hybridized carbons (Fsp3) is 0.0714. The maximum absolute atomic E-state index is 13.0. The number of halogens is 3. The van der Waals surface area contributed by atoms with E-state index in [4.69, 9.17) is 11.6 Å². The first-order valence-electron chi connectivity index (χ1n) is 5.24. The smallest absolute Gasteiger partial charge is 0.193 e. The first-order valence-corrected chi connectivity index (χ1v) is 5.61. The number of hydrogen-bond donors (Lipinski definition) is 0. The fourth-order valence-corrected chi connectivity index (χ4v) is 2.01. The van der Waals surface area contributed by atoms with Gasteiger partial charge in [0.15, 0.2) is 5.78 Å². The predicted molar refractivity (Wildman–Crippen MR) is 66.0 cm³/mol. The van der Waals surface area contributed by atoms with Crippen LogP contribution in [0.2, 0.25) is 5.02 Å². The molecule has 0 aromatic heterocycles. The maximum Gasteiger partial charge on any atom is 0.193 e. The van der Waals surface area contributed by atoms with Gasteiger partial charge in [-0.25, -0.2) is 8.78 Å². The standard InChI is InChI=1S/C14H9ClF2O/c1-8-2-9(4-11(15)3-8)14(18)10-5-12(16)7-13(17)6-10/h2-7H,1H3. The van der Waals surface area contributed by atoms with Gasteiger partial charge in [-0.3, -0.25) is 4.79 Å². The highest BCUT2D eigenvalue weighted by atomic mass is 35.5. The lowest BCUT2D eigenvalue weighted by molar-refractivity contribution is 0.103. The number of carbonyl (C=O) groups excluding carboxylic acids is 1. The summed E-state index contributed by atoms with van der Waals surface area (Å²) in [4.78, 5) is 12.1. The molecule has 0 radical (unpaired) electrons. The minimum atomic E-state index is -0.780. The summed E-state index contributed by atoms with van der Waals surface area (Å²) in [6, 6.07) is 7.52. The Balaban J connectivity index is 2.47. The Kier molecular flexibility index (Phi) is 3.43. The average Bonchev–Trinajstić information content (AvgIpc) is 2.25. The van der Waals surface area contributed by atoms with E-state index in [0.717, 1.165) is 23.8 Å². The van der Waals surface area contributed by atoms with Gasteiger partial charge in [0.25, 0.3) is 0 Å². The quantitative estimate of drug-likeness (QED) is 0.746. The summed E-state index contributed by atoms with van der Waals surface area (Å²) < 4.78 is 26.1. The van der Waals surface area contributed by atoms with Crippen LogP contribution in [0.25, 0.3) is 0 Å². The van der Waals surface area contributed by atoms with Crippen molar-refractivity contribution in [2.24, 2.45) is 0 Å². The molecule has 0 spiro atoms. The van der Waals surface area contributed by atoms with Gasteiger partial charge in [-0.15, -0.1) is 0 Å². The van der Waals surface area contributed by atoms with E-state index in [0.29, 0.717) is 10.6 Å². The van der Waals surface area contributed by atoms with Gasteiger partial charge in [-0.1, -0.05) is 11.6 Å². The molecule has 0 aliphatic rings. The van der Waals surface area contributed by atoms with Crippen LogP contribution in [0, 0.1) is 18.6 Å². The highest BCUT2D eigenvalue weighted by Gasteiger charge is 2.12. The van der Waals surface area contributed by atoms with Crippen LogP contribution < -0.4 is 0 Å². The molecule has 0 heterocycles. The summed E-state index contributed by atoms with van der Waals surface area (Å²) in [5.74, 6) is -2.02. The molecule has 2 rings (SSSR count). The molecule has 1 nitrogen and oxygen atoms in total. The van der Waals surface area contributed by atoms with Crippen LogP contribution in [0.1, 0.15) is 21.5 Å². The number of rotatable bonds is 2. The van der Waals surface area contributed by atoms with Gasteiger partial charge >= 0.3 is 0 Å². The van der Waals surface area contributed by atoms with E-state index >= 15 is 0 Å². The second-order valence-corrected chi connectivity index (χ2v) is 4.44. The van der Waals surface area contributed by atoms with E-state index in [2.05, 4.69) is 0 Å². The van der Waals surface area contributed by atoms with E-state index in [-0.39, 0.29) is 5.56 Å². The topological polar surface area (TPSA) is 17.1 Å². The van der Waals surface area contributed by atoms with Crippen LogP contribution in [0.15, 0.2) is 36.4 Å². The third kappa shape index (κ3) is 2.74. The summed E-state index contributed by atoms with van der Waals surface area (Å²) in [5, 5.41) is 0.412. The van der Waals surface area contributed by atoms with Crippen LogP contribution in [0.3, 0.4) is 0 Å². The van der Waals surface area contributed by atoms with Crippen molar-refractivity contribution < 1.29 is 13.6 Å². The van der Waals surface area contributed by atoms with Gasteiger partial charge in [0.05, 0.1) is 0 Å². The van der Waals surface area contributed by atoms with E-state index < -0.39 is 17.4 Å². The fourth-order valence-electron chi connectivity index (χ4n) is 1.72. The monoisotopic (exact) mass is 266 g/mol. The Morgan fingerprint density at radius 2 is 1.50 bits per heavy atom. The zero-order valence-corrected chi connectivity index (χ0v) is 10.3. The second-order valence-electron chi connectivity index (χ2n) is 4.00. The minimum absolute atomic E-state index is 0.0332. The normalized spacial score (nSPS) is 10.4. The third-order valence-corrected chi connectivity index (χ3v) is 2.65. The van der Waals surface area contributed by atoms with Gasteiger partial charge in [0, 0.05) is 22.2 Å². The van der Waals surface area contributed by atoms with E-state index in [9.17, 15) is 13.6 Å². The van der Waals surface area contributed by atoms with Gasteiger partial charge in [-0.05, 0) is 42.8 Å². The lowest BCUT2D eigenvalue weighted by Gasteiger charge is -2.04. The van der Waals surface area contributed by atoms with Crippen molar-refractivity contribution in [3.8, 4) is 0 Å². The molecule has 0 fully saturated rings. The number of ketones is 1.